The molecule has 6 nitrogen and oxygen atoms in total. The Morgan fingerprint density at radius 2 is 1.62 bits per heavy atom. The molecule has 1 fully saturated rings. The average molecular weight is 401 g/mol. The molecule has 3 amide bonds. The van der Waals surface area contributed by atoms with Crippen molar-refractivity contribution in [2.75, 3.05) is 19.6 Å². The Morgan fingerprint density at radius 3 is 2.28 bits per heavy atom. The summed E-state index contributed by atoms with van der Waals surface area (Å²) in [5.74, 6) is -3.04. The van der Waals surface area contributed by atoms with E-state index in [9.17, 15) is 23.2 Å². The van der Waals surface area contributed by atoms with Gasteiger partial charge in [-0.15, -0.1) is 0 Å². The minimum absolute atomic E-state index is 0.00817. The van der Waals surface area contributed by atoms with Gasteiger partial charge in [-0.3, -0.25) is 14.4 Å². The van der Waals surface area contributed by atoms with Crippen LogP contribution in [0.25, 0.3) is 0 Å². The Morgan fingerprint density at radius 1 is 0.931 bits per heavy atom. The Kier molecular flexibility index (Phi) is 6.54. The quantitative estimate of drug-likeness (QED) is 0.779. The molecule has 2 aromatic carbocycles. The second-order valence-corrected chi connectivity index (χ2v) is 6.78. The van der Waals surface area contributed by atoms with Crippen molar-refractivity contribution in [3.8, 4) is 0 Å². The lowest BCUT2D eigenvalue weighted by Crippen LogP contribution is -2.36. The molecular formula is C21H21F2N3O3. The summed E-state index contributed by atoms with van der Waals surface area (Å²) in [5, 5.41) is 4.92. The van der Waals surface area contributed by atoms with Gasteiger partial charge < -0.3 is 15.5 Å². The van der Waals surface area contributed by atoms with Crippen LogP contribution < -0.4 is 10.6 Å². The van der Waals surface area contributed by atoms with Gasteiger partial charge in [-0.2, -0.15) is 0 Å². The van der Waals surface area contributed by atoms with Gasteiger partial charge in [-0.05, 0) is 42.7 Å². The fourth-order valence-corrected chi connectivity index (χ4v) is 3.06. The predicted octanol–water partition coefficient (Wildman–Crippen LogP) is 2.25. The number of halogens is 2. The number of rotatable bonds is 6. The maximum atomic E-state index is 13.6. The molecule has 152 valence electrons. The minimum atomic E-state index is -0.994. The van der Waals surface area contributed by atoms with E-state index in [-0.39, 0.29) is 24.6 Å². The van der Waals surface area contributed by atoms with Crippen molar-refractivity contribution in [2.45, 2.75) is 19.4 Å². The summed E-state index contributed by atoms with van der Waals surface area (Å²) in [5.41, 5.74) is 1.07. The maximum Gasteiger partial charge on any atom is 0.254 e. The zero-order chi connectivity index (χ0) is 20.8. The third-order valence-electron chi connectivity index (χ3n) is 4.67. The SMILES string of the molecule is O=C(CNC(=O)c1ccc(F)cc1F)NCc1ccc(C(=O)N2CCCC2)cc1. The molecule has 0 spiro atoms. The van der Waals surface area contributed by atoms with E-state index in [1.807, 2.05) is 4.90 Å². The summed E-state index contributed by atoms with van der Waals surface area (Å²) in [4.78, 5) is 37.9. The van der Waals surface area contributed by atoms with E-state index in [1.165, 1.54) is 0 Å². The van der Waals surface area contributed by atoms with Gasteiger partial charge in [0.2, 0.25) is 5.91 Å². The van der Waals surface area contributed by atoms with E-state index in [0.29, 0.717) is 11.6 Å². The highest BCUT2D eigenvalue weighted by Gasteiger charge is 2.19. The predicted molar refractivity (Wildman–Crippen MR) is 102 cm³/mol. The number of hydrogen-bond acceptors (Lipinski definition) is 3. The van der Waals surface area contributed by atoms with E-state index >= 15 is 0 Å². The first-order valence-corrected chi connectivity index (χ1v) is 9.32. The molecule has 29 heavy (non-hydrogen) atoms. The fourth-order valence-electron chi connectivity index (χ4n) is 3.06. The van der Waals surface area contributed by atoms with E-state index in [0.717, 1.165) is 43.6 Å². The monoisotopic (exact) mass is 401 g/mol. The summed E-state index contributed by atoms with van der Waals surface area (Å²) in [6.07, 6.45) is 2.06. The number of benzene rings is 2. The van der Waals surface area contributed by atoms with E-state index in [1.54, 1.807) is 24.3 Å². The topological polar surface area (TPSA) is 78.5 Å². The highest BCUT2D eigenvalue weighted by atomic mass is 19.1. The van der Waals surface area contributed by atoms with Crippen molar-refractivity contribution in [1.82, 2.24) is 15.5 Å². The van der Waals surface area contributed by atoms with Crippen molar-refractivity contribution >= 4 is 17.7 Å². The number of hydrogen-bond donors (Lipinski definition) is 2. The molecule has 1 aliphatic rings. The van der Waals surface area contributed by atoms with Crippen LogP contribution >= 0.6 is 0 Å². The molecule has 0 saturated carbocycles. The smallest absolute Gasteiger partial charge is 0.254 e. The molecule has 1 aliphatic heterocycles. The van der Waals surface area contributed by atoms with Gasteiger partial charge >= 0.3 is 0 Å². The van der Waals surface area contributed by atoms with Crippen LogP contribution in [-0.2, 0) is 11.3 Å². The highest BCUT2D eigenvalue weighted by molar-refractivity contribution is 5.96. The molecule has 0 bridgehead atoms. The van der Waals surface area contributed by atoms with Gasteiger partial charge in [0.15, 0.2) is 0 Å². The molecule has 2 N–H and O–H groups in total. The van der Waals surface area contributed by atoms with Crippen LogP contribution in [0, 0.1) is 11.6 Å². The summed E-state index contributed by atoms with van der Waals surface area (Å²) < 4.78 is 26.4. The lowest BCUT2D eigenvalue weighted by molar-refractivity contribution is -0.120. The summed E-state index contributed by atoms with van der Waals surface area (Å²) in [6, 6.07) is 9.56. The van der Waals surface area contributed by atoms with Crippen LogP contribution in [0.15, 0.2) is 42.5 Å². The van der Waals surface area contributed by atoms with Crippen molar-refractivity contribution in [1.29, 1.82) is 0 Å². The van der Waals surface area contributed by atoms with Crippen LogP contribution in [0.3, 0.4) is 0 Å². The summed E-state index contributed by atoms with van der Waals surface area (Å²) >= 11 is 0. The molecule has 8 heteroatoms. The Bertz CT molecular complexity index is 910. The van der Waals surface area contributed by atoms with Gasteiger partial charge in [-0.1, -0.05) is 12.1 Å². The van der Waals surface area contributed by atoms with Crippen LogP contribution in [0.4, 0.5) is 8.78 Å². The first-order valence-electron chi connectivity index (χ1n) is 9.32. The van der Waals surface area contributed by atoms with Crippen molar-refractivity contribution < 1.29 is 23.2 Å². The molecule has 0 aromatic heterocycles. The first-order chi connectivity index (χ1) is 13.9. The standard InChI is InChI=1S/C21H21F2N3O3/c22-16-7-8-17(18(23)11-16)20(28)25-13-19(27)24-12-14-3-5-15(6-4-14)21(29)26-9-1-2-10-26/h3-8,11H,1-2,9-10,12-13H2,(H,24,27)(H,25,28). The lowest BCUT2D eigenvalue weighted by atomic mass is 10.1. The molecule has 2 aromatic rings. The van der Waals surface area contributed by atoms with Crippen molar-refractivity contribution in [2.24, 2.45) is 0 Å². The molecule has 0 radical (unpaired) electrons. The third kappa shape index (κ3) is 5.37. The number of carbonyl (C=O) groups excluding carboxylic acids is 3. The number of nitrogens with one attached hydrogen (secondary N) is 2. The van der Waals surface area contributed by atoms with Gasteiger partial charge in [0.25, 0.3) is 11.8 Å². The number of amides is 3. The molecule has 0 aliphatic carbocycles. The van der Waals surface area contributed by atoms with E-state index in [4.69, 9.17) is 0 Å². The average Bonchev–Trinajstić information content (AvgIpc) is 3.25. The third-order valence-corrected chi connectivity index (χ3v) is 4.67. The minimum Gasteiger partial charge on any atom is -0.350 e. The van der Waals surface area contributed by atoms with Gasteiger partial charge in [0.05, 0.1) is 12.1 Å². The zero-order valence-corrected chi connectivity index (χ0v) is 15.7. The van der Waals surface area contributed by atoms with Gasteiger partial charge in [-0.25, -0.2) is 8.78 Å². The Labute approximate surface area is 166 Å². The van der Waals surface area contributed by atoms with Gasteiger partial charge in [0.1, 0.15) is 11.6 Å². The molecular weight excluding hydrogens is 380 g/mol. The Balaban J connectivity index is 1.45. The number of carbonyl (C=O) groups is 3. The normalized spacial score (nSPS) is 13.2. The Hall–Kier alpha value is -3.29. The van der Waals surface area contributed by atoms with Crippen LogP contribution in [0.5, 0.6) is 0 Å². The first kappa shape index (κ1) is 20.4. The second-order valence-electron chi connectivity index (χ2n) is 6.78. The van der Waals surface area contributed by atoms with Crippen molar-refractivity contribution in [3.05, 3.63) is 70.8 Å². The van der Waals surface area contributed by atoms with Crippen molar-refractivity contribution in [3.63, 3.8) is 0 Å². The lowest BCUT2D eigenvalue weighted by Gasteiger charge is -2.15. The van der Waals surface area contributed by atoms with Crippen LogP contribution in [0.2, 0.25) is 0 Å². The van der Waals surface area contributed by atoms with Gasteiger partial charge in [0, 0.05) is 31.3 Å². The molecule has 0 atom stereocenters. The molecule has 1 heterocycles. The maximum absolute atomic E-state index is 13.6. The summed E-state index contributed by atoms with van der Waals surface area (Å²) in [7, 11) is 0. The largest absolute Gasteiger partial charge is 0.350 e. The summed E-state index contributed by atoms with van der Waals surface area (Å²) in [6.45, 7) is 1.44. The highest BCUT2D eigenvalue weighted by Crippen LogP contribution is 2.13. The number of nitrogens with zero attached hydrogens (tertiary/aromatic N) is 1. The second kappa shape index (κ2) is 9.27. The van der Waals surface area contributed by atoms with Crippen LogP contribution in [0.1, 0.15) is 39.1 Å². The molecule has 0 unspecified atom stereocenters. The van der Waals surface area contributed by atoms with E-state index in [2.05, 4.69) is 10.6 Å². The number of likely N-dealkylation sites (tertiary alicyclic amines) is 1. The molecule has 3 rings (SSSR count). The fraction of sp³-hybridized carbons (Fsp3) is 0.286. The van der Waals surface area contributed by atoms with Crippen LogP contribution in [-0.4, -0.2) is 42.3 Å². The van der Waals surface area contributed by atoms with E-state index < -0.39 is 23.4 Å². The zero-order valence-electron chi connectivity index (χ0n) is 15.7. The molecule has 1 saturated heterocycles.